The molecule has 2 fully saturated rings. The number of fused-ring (bicyclic) bond motifs is 1. The molecule has 46 heavy (non-hydrogen) atoms. The Labute approximate surface area is 274 Å². The number of hydrogen-bond acceptors (Lipinski definition) is 6. The maximum Gasteiger partial charge on any atom is 0.494 e. The molecule has 3 aromatic carbocycles. The van der Waals surface area contributed by atoms with Crippen molar-refractivity contribution in [2.45, 2.75) is 90.2 Å². The molecule has 0 bridgehead atoms. The lowest BCUT2D eigenvalue weighted by Gasteiger charge is -2.44. The Morgan fingerprint density at radius 3 is 2.22 bits per heavy atom. The van der Waals surface area contributed by atoms with E-state index in [0.717, 1.165) is 46.0 Å². The van der Waals surface area contributed by atoms with Gasteiger partial charge in [0.05, 0.1) is 17.2 Å². The van der Waals surface area contributed by atoms with E-state index < -0.39 is 23.9 Å². The minimum atomic E-state index is -0.563. The molecule has 1 aromatic heterocycles. The molecule has 0 radical (unpaired) electrons. The van der Waals surface area contributed by atoms with Crippen LogP contribution in [0.2, 0.25) is 0 Å². The summed E-state index contributed by atoms with van der Waals surface area (Å²) >= 11 is 0. The van der Waals surface area contributed by atoms with Crippen LogP contribution in [-0.4, -0.2) is 59.0 Å². The molecule has 1 amide bonds. The van der Waals surface area contributed by atoms with Crippen LogP contribution in [0.15, 0.2) is 91.1 Å². The average Bonchev–Trinajstić information content (AvgIpc) is 3.25. The number of benzene rings is 3. The molecule has 6 rings (SSSR count). The Bertz CT molecular complexity index is 1650. The summed E-state index contributed by atoms with van der Waals surface area (Å²) in [5.74, 6) is 0.901. The van der Waals surface area contributed by atoms with E-state index in [9.17, 15) is 4.79 Å². The van der Waals surface area contributed by atoms with Gasteiger partial charge in [-0.05, 0) is 89.4 Å². The predicted molar refractivity (Wildman–Crippen MR) is 185 cm³/mol. The fourth-order valence-corrected chi connectivity index (χ4v) is 6.45. The number of nitrogens with zero attached hydrogens (tertiary/aromatic N) is 3. The molecule has 8 heteroatoms. The zero-order chi connectivity index (χ0) is 32.7. The summed E-state index contributed by atoms with van der Waals surface area (Å²) < 4.78 is 18.6. The van der Waals surface area contributed by atoms with E-state index in [-0.39, 0.29) is 18.2 Å². The van der Waals surface area contributed by atoms with Crippen molar-refractivity contribution >= 4 is 35.3 Å². The summed E-state index contributed by atoms with van der Waals surface area (Å²) in [5, 5.41) is 2.20. The SMILES string of the molecule is CC(C)(C)OC(=O)N1CCC[C@@H](N(c2nccc3ccccc23)C(c2ccccc2)c2ccc(B3OC(C)(C)C(C)(C)O3)cc2)C1. The highest BCUT2D eigenvalue weighted by molar-refractivity contribution is 6.62. The molecule has 2 aliphatic rings. The Morgan fingerprint density at radius 1 is 0.913 bits per heavy atom. The quantitative estimate of drug-likeness (QED) is 0.208. The Hall–Kier alpha value is -3.88. The van der Waals surface area contributed by atoms with Gasteiger partial charge in [-0.25, -0.2) is 9.78 Å². The molecule has 0 saturated carbocycles. The number of carbonyl (C=O) groups excluding carboxylic acids is 1. The van der Waals surface area contributed by atoms with Crippen LogP contribution in [0.5, 0.6) is 0 Å². The highest BCUT2D eigenvalue weighted by Gasteiger charge is 2.51. The first kappa shape index (κ1) is 32.1. The zero-order valence-corrected chi connectivity index (χ0v) is 28.2. The van der Waals surface area contributed by atoms with Crippen LogP contribution >= 0.6 is 0 Å². The maximum absolute atomic E-state index is 13.3. The minimum absolute atomic E-state index is 0.00689. The molecule has 4 aromatic rings. The fraction of sp³-hybridized carbons (Fsp3) is 0.421. The molecule has 0 spiro atoms. The first-order valence-corrected chi connectivity index (χ1v) is 16.4. The number of likely N-dealkylation sites (tertiary alicyclic amines) is 1. The Kier molecular flexibility index (Phi) is 8.64. The number of anilines is 1. The average molecular weight is 620 g/mol. The summed E-state index contributed by atoms with van der Waals surface area (Å²) in [6, 6.07) is 29.5. The van der Waals surface area contributed by atoms with Crippen molar-refractivity contribution in [1.29, 1.82) is 0 Å². The van der Waals surface area contributed by atoms with Crippen molar-refractivity contribution in [3.8, 4) is 0 Å². The molecule has 3 heterocycles. The molecule has 0 aliphatic carbocycles. The van der Waals surface area contributed by atoms with Gasteiger partial charge in [-0.2, -0.15) is 0 Å². The molecule has 1 unspecified atom stereocenters. The van der Waals surface area contributed by atoms with E-state index >= 15 is 0 Å². The van der Waals surface area contributed by atoms with Crippen molar-refractivity contribution in [1.82, 2.24) is 9.88 Å². The van der Waals surface area contributed by atoms with Gasteiger partial charge in [-0.3, -0.25) is 0 Å². The summed E-state index contributed by atoms with van der Waals surface area (Å²) in [6.07, 6.45) is 3.40. The number of rotatable bonds is 6. The first-order valence-electron chi connectivity index (χ1n) is 16.4. The molecule has 240 valence electrons. The first-order chi connectivity index (χ1) is 21.8. The van der Waals surface area contributed by atoms with Gasteiger partial charge in [0.25, 0.3) is 0 Å². The Balaban J connectivity index is 1.45. The van der Waals surface area contributed by atoms with E-state index in [1.165, 1.54) is 0 Å². The smallest absolute Gasteiger partial charge is 0.444 e. The molecule has 7 nitrogen and oxygen atoms in total. The van der Waals surface area contributed by atoms with Crippen LogP contribution in [0, 0.1) is 0 Å². The number of pyridine rings is 1. The Morgan fingerprint density at radius 2 is 1.54 bits per heavy atom. The summed E-state index contributed by atoms with van der Waals surface area (Å²) in [5.41, 5.74) is 1.86. The van der Waals surface area contributed by atoms with Crippen molar-refractivity contribution < 1.29 is 18.8 Å². The van der Waals surface area contributed by atoms with Gasteiger partial charge in [-0.15, -0.1) is 0 Å². The van der Waals surface area contributed by atoms with Crippen LogP contribution in [-0.2, 0) is 14.0 Å². The monoisotopic (exact) mass is 619 g/mol. The van der Waals surface area contributed by atoms with Gasteiger partial charge in [-0.1, -0.05) is 78.9 Å². The van der Waals surface area contributed by atoms with E-state index in [1.54, 1.807) is 0 Å². The number of ether oxygens (including phenoxy) is 1. The summed E-state index contributed by atoms with van der Waals surface area (Å²) in [4.78, 5) is 22.7. The van der Waals surface area contributed by atoms with Gasteiger partial charge in [0.1, 0.15) is 11.4 Å². The highest BCUT2D eigenvalue weighted by Crippen LogP contribution is 2.40. The number of hydrogen-bond donors (Lipinski definition) is 0. The zero-order valence-electron chi connectivity index (χ0n) is 28.2. The summed E-state index contributed by atoms with van der Waals surface area (Å²) in [7, 11) is -0.439. The van der Waals surface area contributed by atoms with Crippen LogP contribution in [0.4, 0.5) is 10.6 Å². The van der Waals surface area contributed by atoms with Crippen LogP contribution in [0.3, 0.4) is 0 Å². The second-order valence-corrected chi connectivity index (χ2v) is 14.6. The van der Waals surface area contributed by atoms with Crippen molar-refractivity contribution in [3.63, 3.8) is 0 Å². The third kappa shape index (κ3) is 6.51. The van der Waals surface area contributed by atoms with Crippen molar-refractivity contribution in [2.24, 2.45) is 0 Å². The topological polar surface area (TPSA) is 64.1 Å². The molecule has 0 N–H and O–H groups in total. The molecular weight excluding hydrogens is 573 g/mol. The standard InChI is InChI=1S/C38H46BN3O4/c1-36(2,3)44-35(43)41-25-13-17-31(26-41)42(34-32-18-12-11-14-27(32)23-24-40-34)33(28-15-9-8-10-16-28)29-19-21-30(22-20-29)39-45-37(4,5)38(6,7)46-39/h8-12,14-16,18-24,31,33H,13,17,25-26H2,1-7H3/t31-,33?/m1/s1. The maximum atomic E-state index is 13.3. The fourth-order valence-electron chi connectivity index (χ4n) is 6.45. The second-order valence-electron chi connectivity index (χ2n) is 14.6. The van der Waals surface area contributed by atoms with Crippen LogP contribution < -0.4 is 10.4 Å². The van der Waals surface area contributed by atoms with E-state index in [4.69, 9.17) is 19.0 Å². The van der Waals surface area contributed by atoms with Gasteiger partial charge in [0.15, 0.2) is 0 Å². The second kappa shape index (κ2) is 12.4. The third-order valence-corrected chi connectivity index (χ3v) is 9.51. The lowest BCUT2D eigenvalue weighted by molar-refractivity contribution is 0.00578. The van der Waals surface area contributed by atoms with Crippen LogP contribution in [0.25, 0.3) is 10.8 Å². The largest absolute Gasteiger partial charge is 0.494 e. The van der Waals surface area contributed by atoms with Crippen molar-refractivity contribution in [2.75, 3.05) is 18.0 Å². The van der Waals surface area contributed by atoms with Gasteiger partial charge < -0.3 is 23.8 Å². The van der Waals surface area contributed by atoms with Crippen LogP contribution in [0.1, 0.15) is 78.5 Å². The highest BCUT2D eigenvalue weighted by atomic mass is 16.7. The lowest BCUT2D eigenvalue weighted by atomic mass is 9.78. The van der Waals surface area contributed by atoms with Gasteiger partial charge in [0.2, 0.25) is 0 Å². The number of amides is 1. The predicted octanol–water partition coefficient (Wildman–Crippen LogP) is 7.53. The normalized spacial score (nSPS) is 20.0. The summed E-state index contributed by atoms with van der Waals surface area (Å²) in [6.45, 7) is 15.3. The lowest BCUT2D eigenvalue weighted by Crippen LogP contribution is -2.52. The number of piperidine rings is 1. The van der Waals surface area contributed by atoms with E-state index in [0.29, 0.717) is 13.1 Å². The number of carbonyl (C=O) groups is 1. The van der Waals surface area contributed by atoms with Gasteiger partial charge in [0, 0.05) is 30.7 Å². The molecule has 2 atom stereocenters. The third-order valence-electron chi connectivity index (χ3n) is 9.51. The minimum Gasteiger partial charge on any atom is -0.444 e. The molecule has 2 saturated heterocycles. The van der Waals surface area contributed by atoms with E-state index in [1.807, 2.05) is 37.9 Å². The van der Waals surface area contributed by atoms with E-state index in [2.05, 4.69) is 111 Å². The molecular formula is C38H46BN3O4. The number of aromatic nitrogens is 1. The van der Waals surface area contributed by atoms with Gasteiger partial charge >= 0.3 is 13.2 Å². The van der Waals surface area contributed by atoms with Crippen molar-refractivity contribution in [3.05, 3.63) is 102 Å². The molecule has 2 aliphatic heterocycles.